The highest BCUT2D eigenvalue weighted by molar-refractivity contribution is 5.97. The maximum atomic E-state index is 12.8. The average molecular weight is 373 g/mol. The first-order valence-corrected chi connectivity index (χ1v) is 10.0. The van der Waals surface area contributed by atoms with Crippen LogP contribution in [0, 0.1) is 6.92 Å². The Morgan fingerprint density at radius 1 is 1.07 bits per heavy atom. The SMILES string of the molecule is Cc1ccc(-c2noc(C3CC(=O)N(c4cccc5c4CCCC5)C3)n2)cc1. The highest BCUT2D eigenvalue weighted by Gasteiger charge is 2.36. The van der Waals surface area contributed by atoms with Crippen molar-refractivity contribution in [2.75, 3.05) is 11.4 Å². The first-order valence-electron chi connectivity index (χ1n) is 10.0. The van der Waals surface area contributed by atoms with Gasteiger partial charge < -0.3 is 9.42 Å². The monoisotopic (exact) mass is 373 g/mol. The lowest BCUT2D eigenvalue weighted by Crippen LogP contribution is -2.26. The number of aromatic nitrogens is 2. The molecule has 1 saturated heterocycles. The molecule has 5 heteroatoms. The molecule has 28 heavy (non-hydrogen) atoms. The smallest absolute Gasteiger partial charge is 0.232 e. The molecule has 5 nitrogen and oxygen atoms in total. The Hall–Kier alpha value is -2.95. The van der Waals surface area contributed by atoms with E-state index >= 15 is 0 Å². The summed E-state index contributed by atoms with van der Waals surface area (Å²) >= 11 is 0. The van der Waals surface area contributed by atoms with E-state index in [2.05, 4.69) is 28.3 Å². The Bertz CT molecular complexity index is 1020. The molecule has 0 radical (unpaired) electrons. The summed E-state index contributed by atoms with van der Waals surface area (Å²) in [6, 6.07) is 14.4. The van der Waals surface area contributed by atoms with Crippen LogP contribution in [0.1, 0.15) is 47.8 Å². The van der Waals surface area contributed by atoms with Gasteiger partial charge in [0.2, 0.25) is 17.6 Å². The summed E-state index contributed by atoms with van der Waals surface area (Å²) in [6.07, 6.45) is 5.01. The Morgan fingerprint density at radius 3 is 2.75 bits per heavy atom. The lowest BCUT2D eigenvalue weighted by Gasteiger charge is -2.25. The van der Waals surface area contributed by atoms with E-state index in [-0.39, 0.29) is 11.8 Å². The van der Waals surface area contributed by atoms with Gasteiger partial charge in [0, 0.05) is 24.2 Å². The molecule has 2 aromatic carbocycles. The molecule has 1 unspecified atom stereocenters. The van der Waals surface area contributed by atoms with Crippen molar-refractivity contribution in [2.45, 2.75) is 44.9 Å². The van der Waals surface area contributed by atoms with Crippen LogP contribution in [0.5, 0.6) is 0 Å². The molecule has 1 amide bonds. The van der Waals surface area contributed by atoms with Gasteiger partial charge >= 0.3 is 0 Å². The average Bonchev–Trinajstić information content (AvgIpc) is 3.35. The summed E-state index contributed by atoms with van der Waals surface area (Å²) in [7, 11) is 0. The molecule has 1 aliphatic heterocycles. The topological polar surface area (TPSA) is 59.2 Å². The second-order valence-corrected chi connectivity index (χ2v) is 7.85. The zero-order chi connectivity index (χ0) is 19.1. The molecule has 1 atom stereocenters. The molecule has 5 rings (SSSR count). The molecule has 1 aliphatic carbocycles. The third kappa shape index (κ3) is 3.01. The number of hydrogen-bond acceptors (Lipinski definition) is 4. The molecular weight excluding hydrogens is 350 g/mol. The fourth-order valence-corrected chi connectivity index (χ4v) is 4.34. The van der Waals surface area contributed by atoms with E-state index < -0.39 is 0 Å². The summed E-state index contributed by atoms with van der Waals surface area (Å²) in [6.45, 7) is 2.65. The quantitative estimate of drug-likeness (QED) is 0.681. The van der Waals surface area contributed by atoms with Gasteiger partial charge in [-0.2, -0.15) is 4.98 Å². The fraction of sp³-hybridized carbons (Fsp3) is 0.348. The van der Waals surface area contributed by atoms with E-state index in [1.807, 2.05) is 36.1 Å². The predicted octanol–water partition coefficient (Wildman–Crippen LogP) is 4.44. The number of nitrogens with zero attached hydrogens (tertiary/aromatic N) is 3. The van der Waals surface area contributed by atoms with Crippen molar-refractivity contribution in [3.8, 4) is 11.4 Å². The van der Waals surface area contributed by atoms with Gasteiger partial charge in [-0.05, 0) is 49.8 Å². The van der Waals surface area contributed by atoms with Gasteiger partial charge in [0.25, 0.3) is 0 Å². The molecule has 0 saturated carbocycles. The molecule has 0 spiro atoms. The molecule has 0 bridgehead atoms. The van der Waals surface area contributed by atoms with Gasteiger partial charge in [-0.15, -0.1) is 0 Å². The molecule has 1 aromatic heterocycles. The van der Waals surface area contributed by atoms with Gasteiger partial charge in [-0.25, -0.2) is 0 Å². The first kappa shape index (κ1) is 17.2. The number of amides is 1. The molecule has 2 aliphatic rings. The van der Waals surface area contributed by atoms with Crippen LogP contribution in [0.15, 0.2) is 47.0 Å². The number of anilines is 1. The summed E-state index contributed by atoms with van der Waals surface area (Å²) in [5.74, 6) is 1.21. The summed E-state index contributed by atoms with van der Waals surface area (Å²) in [5.41, 5.74) is 5.92. The van der Waals surface area contributed by atoms with Crippen LogP contribution >= 0.6 is 0 Å². The minimum Gasteiger partial charge on any atom is -0.339 e. The van der Waals surface area contributed by atoms with E-state index in [4.69, 9.17) is 4.52 Å². The minimum atomic E-state index is -0.0568. The second-order valence-electron chi connectivity index (χ2n) is 7.85. The third-order valence-corrected chi connectivity index (χ3v) is 5.89. The van der Waals surface area contributed by atoms with Crippen LogP contribution in [0.25, 0.3) is 11.4 Å². The number of hydrogen-bond donors (Lipinski definition) is 0. The van der Waals surface area contributed by atoms with E-state index in [9.17, 15) is 4.79 Å². The summed E-state index contributed by atoms with van der Waals surface area (Å²) in [4.78, 5) is 19.3. The van der Waals surface area contributed by atoms with Crippen molar-refractivity contribution in [3.05, 3.63) is 65.0 Å². The van der Waals surface area contributed by atoms with E-state index in [1.54, 1.807) is 0 Å². The first-order chi connectivity index (χ1) is 13.7. The van der Waals surface area contributed by atoms with Crippen molar-refractivity contribution >= 4 is 11.6 Å². The van der Waals surface area contributed by atoms with Crippen LogP contribution < -0.4 is 4.90 Å². The lowest BCUT2D eigenvalue weighted by atomic mass is 9.90. The van der Waals surface area contributed by atoms with Crippen molar-refractivity contribution < 1.29 is 9.32 Å². The number of aryl methyl sites for hydroxylation is 2. The molecule has 2 heterocycles. The Labute approximate surface area is 164 Å². The van der Waals surface area contributed by atoms with Crippen LogP contribution in [-0.2, 0) is 17.6 Å². The Morgan fingerprint density at radius 2 is 1.89 bits per heavy atom. The summed E-state index contributed by atoms with van der Waals surface area (Å²) < 4.78 is 5.54. The van der Waals surface area contributed by atoms with Gasteiger partial charge in [0.05, 0.1) is 5.92 Å². The number of rotatable bonds is 3. The highest BCUT2D eigenvalue weighted by Crippen LogP contribution is 2.36. The minimum absolute atomic E-state index is 0.0568. The molecule has 3 aromatic rings. The zero-order valence-electron chi connectivity index (χ0n) is 16.0. The number of fused-ring (bicyclic) bond motifs is 1. The van der Waals surface area contributed by atoms with Crippen molar-refractivity contribution in [3.63, 3.8) is 0 Å². The molecule has 1 fully saturated rings. The van der Waals surface area contributed by atoms with Crippen molar-refractivity contribution in [1.29, 1.82) is 0 Å². The van der Waals surface area contributed by atoms with Crippen LogP contribution in [-0.4, -0.2) is 22.6 Å². The number of carbonyl (C=O) groups excluding carboxylic acids is 1. The third-order valence-electron chi connectivity index (χ3n) is 5.89. The zero-order valence-corrected chi connectivity index (χ0v) is 16.0. The Balaban J connectivity index is 1.40. The normalized spacial score (nSPS) is 19.1. The highest BCUT2D eigenvalue weighted by atomic mass is 16.5. The molecule has 142 valence electrons. The predicted molar refractivity (Wildman–Crippen MR) is 107 cm³/mol. The number of carbonyl (C=O) groups is 1. The largest absolute Gasteiger partial charge is 0.339 e. The maximum absolute atomic E-state index is 12.8. The number of benzene rings is 2. The van der Waals surface area contributed by atoms with Crippen LogP contribution in [0.3, 0.4) is 0 Å². The molecule has 0 N–H and O–H groups in total. The van der Waals surface area contributed by atoms with E-state index in [1.165, 1.54) is 29.5 Å². The fourth-order valence-electron chi connectivity index (χ4n) is 4.34. The maximum Gasteiger partial charge on any atom is 0.232 e. The lowest BCUT2D eigenvalue weighted by molar-refractivity contribution is -0.117. The van der Waals surface area contributed by atoms with E-state index in [0.717, 1.165) is 24.1 Å². The second kappa shape index (κ2) is 6.89. The van der Waals surface area contributed by atoms with Crippen LogP contribution in [0.2, 0.25) is 0 Å². The summed E-state index contributed by atoms with van der Waals surface area (Å²) in [5, 5.41) is 4.14. The van der Waals surface area contributed by atoms with Crippen LogP contribution in [0.4, 0.5) is 5.69 Å². The van der Waals surface area contributed by atoms with E-state index in [0.29, 0.717) is 24.7 Å². The van der Waals surface area contributed by atoms with Gasteiger partial charge in [0.1, 0.15) is 0 Å². The molecular formula is C23H23N3O2. The van der Waals surface area contributed by atoms with Gasteiger partial charge in [-0.1, -0.05) is 47.1 Å². The van der Waals surface area contributed by atoms with Gasteiger partial charge in [0.15, 0.2) is 0 Å². The van der Waals surface area contributed by atoms with Crippen molar-refractivity contribution in [1.82, 2.24) is 10.1 Å². The Kier molecular flexibility index (Phi) is 4.23. The van der Waals surface area contributed by atoms with Gasteiger partial charge in [-0.3, -0.25) is 4.79 Å². The standard InChI is InChI=1S/C23H23N3O2/c1-15-9-11-17(12-10-15)22-24-23(28-25-22)18-13-21(27)26(14-18)20-8-4-6-16-5-2-3-7-19(16)20/h4,6,8-12,18H,2-3,5,7,13-14H2,1H3. The van der Waals surface area contributed by atoms with Crippen molar-refractivity contribution in [2.24, 2.45) is 0 Å².